The fourth-order valence-electron chi connectivity index (χ4n) is 2.80. The summed E-state index contributed by atoms with van der Waals surface area (Å²) < 4.78 is 0. The SMILES string of the molecule is Cc1cc(C)c(O)c(C2(N=C=O)CCCC2)c1. The zero-order valence-electron chi connectivity index (χ0n) is 10.3. The van der Waals surface area contributed by atoms with Gasteiger partial charge >= 0.3 is 0 Å². The van der Waals surface area contributed by atoms with Gasteiger partial charge in [0.2, 0.25) is 6.08 Å². The number of hydrogen-bond donors (Lipinski definition) is 1. The first-order valence-electron chi connectivity index (χ1n) is 5.99. The molecule has 0 aliphatic heterocycles. The molecular weight excluding hydrogens is 214 g/mol. The summed E-state index contributed by atoms with van der Waals surface area (Å²) in [5.74, 6) is 0.275. The lowest BCUT2D eigenvalue weighted by Crippen LogP contribution is -2.19. The van der Waals surface area contributed by atoms with Crippen LogP contribution in [0.25, 0.3) is 0 Å². The minimum atomic E-state index is -0.539. The molecule has 1 aromatic carbocycles. The maximum atomic E-state index is 10.6. The van der Waals surface area contributed by atoms with E-state index in [1.165, 1.54) is 0 Å². The second-order valence-electron chi connectivity index (χ2n) is 4.92. The number of benzene rings is 1. The smallest absolute Gasteiger partial charge is 0.235 e. The number of aliphatic imine (C=N–C) groups is 1. The van der Waals surface area contributed by atoms with Crippen LogP contribution in [-0.4, -0.2) is 11.2 Å². The molecular formula is C14H17NO2. The fourth-order valence-corrected chi connectivity index (χ4v) is 2.80. The van der Waals surface area contributed by atoms with Crippen LogP contribution in [0.4, 0.5) is 0 Å². The van der Waals surface area contributed by atoms with Crippen LogP contribution in [0.3, 0.4) is 0 Å². The lowest BCUT2D eigenvalue weighted by molar-refractivity contribution is 0.406. The van der Waals surface area contributed by atoms with Gasteiger partial charge in [-0.05, 0) is 38.3 Å². The van der Waals surface area contributed by atoms with Crippen molar-refractivity contribution in [2.75, 3.05) is 0 Å². The second kappa shape index (κ2) is 4.34. The van der Waals surface area contributed by atoms with Crippen molar-refractivity contribution in [3.8, 4) is 5.75 Å². The van der Waals surface area contributed by atoms with Crippen LogP contribution >= 0.6 is 0 Å². The molecule has 0 amide bonds. The monoisotopic (exact) mass is 231 g/mol. The van der Waals surface area contributed by atoms with E-state index in [1.54, 1.807) is 6.08 Å². The molecule has 0 unspecified atom stereocenters. The molecule has 3 nitrogen and oxygen atoms in total. The van der Waals surface area contributed by atoms with E-state index in [9.17, 15) is 9.90 Å². The average molecular weight is 231 g/mol. The Morgan fingerprint density at radius 2 is 1.94 bits per heavy atom. The number of nitrogens with zero attached hydrogens (tertiary/aromatic N) is 1. The molecule has 0 bridgehead atoms. The number of isocyanates is 1. The van der Waals surface area contributed by atoms with E-state index in [0.29, 0.717) is 0 Å². The van der Waals surface area contributed by atoms with Gasteiger partial charge in [-0.3, -0.25) is 0 Å². The highest BCUT2D eigenvalue weighted by molar-refractivity contribution is 5.49. The summed E-state index contributed by atoms with van der Waals surface area (Å²) in [6.07, 6.45) is 5.39. The number of aryl methyl sites for hydroxylation is 2. The Labute approximate surface area is 101 Å². The quantitative estimate of drug-likeness (QED) is 0.628. The van der Waals surface area contributed by atoms with Gasteiger partial charge in [-0.15, -0.1) is 0 Å². The summed E-state index contributed by atoms with van der Waals surface area (Å²) in [4.78, 5) is 14.7. The highest BCUT2D eigenvalue weighted by Gasteiger charge is 2.38. The highest BCUT2D eigenvalue weighted by atomic mass is 16.3. The lowest BCUT2D eigenvalue weighted by Gasteiger charge is -2.25. The number of rotatable bonds is 2. The summed E-state index contributed by atoms with van der Waals surface area (Å²) in [7, 11) is 0. The van der Waals surface area contributed by atoms with E-state index >= 15 is 0 Å². The third kappa shape index (κ3) is 1.98. The van der Waals surface area contributed by atoms with Gasteiger partial charge in [0, 0.05) is 5.56 Å². The first-order valence-corrected chi connectivity index (χ1v) is 5.99. The number of phenols is 1. The highest BCUT2D eigenvalue weighted by Crippen LogP contribution is 2.46. The first kappa shape index (κ1) is 11.9. The van der Waals surface area contributed by atoms with Gasteiger partial charge < -0.3 is 5.11 Å². The Morgan fingerprint density at radius 1 is 1.29 bits per heavy atom. The van der Waals surface area contributed by atoms with Crippen molar-refractivity contribution in [2.45, 2.75) is 45.1 Å². The molecule has 0 radical (unpaired) electrons. The molecule has 1 aliphatic carbocycles. The van der Waals surface area contributed by atoms with Crippen LogP contribution in [0.1, 0.15) is 42.4 Å². The Hall–Kier alpha value is -1.60. The minimum absolute atomic E-state index is 0.275. The van der Waals surface area contributed by atoms with E-state index < -0.39 is 5.54 Å². The summed E-state index contributed by atoms with van der Waals surface area (Å²) >= 11 is 0. The minimum Gasteiger partial charge on any atom is -0.507 e. The van der Waals surface area contributed by atoms with E-state index in [1.807, 2.05) is 26.0 Å². The predicted molar refractivity (Wildman–Crippen MR) is 65.8 cm³/mol. The molecule has 1 saturated carbocycles. The Bertz CT molecular complexity index is 481. The van der Waals surface area contributed by atoms with Crippen molar-refractivity contribution in [1.29, 1.82) is 0 Å². The van der Waals surface area contributed by atoms with Crippen molar-refractivity contribution in [3.63, 3.8) is 0 Å². The Kier molecular flexibility index (Phi) is 3.03. The number of aromatic hydroxyl groups is 1. The molecule has 0 spiro atoms. The molecule has 17 heavy (non-hydrogen) atoms. The van der Waals surface area contributed by atoms with Crippen LogP contribution in [0.5, 0.6) is 5.75 Å². The molecule has 1 fully saturated rings. The van der Waals surface area contributed by atoms with Gasteiger partial charge in [0.25, 0.3) is 0 Å². The van der Waals surface area contributed by atoms with Crippen LogP contribution in [0, 0.1) is 13.8 Å². The fraction of sp³-hybridized carbons (Fsp3) is 0.500. The maximum Gasteiger partial charge on any atom is 0.235 e. The van der Waals surface area contributed by atoms with Crippen LogP contribution in [-0.2, 0) is 10.3 Å². The van der Waals surface area contributed by atoms with Crippen molar-refractivity contribution in [2.24, 2.45) is 4.99 Å². The van der Waals surface area contributed by atoms with Gasteiger partial charge in [0.1, 0.15) is 11.3 Å². The first-order chi connectivity index (χ1) is 8.09. The number of carbonyl (C=O) groups excluding carboxylic acids is 1. The van der Waals surface area contributed by atoms with Gasteiger partial charge in [0.05, 0.1) is 0 Å². The summed E-state index contributed by atoms with van der Waals surface area (Å²) in [5, 5.41) is 10.2. The zero-order valence-corrected chi connectivity index (χ0v) is 10.3. The molecule has 1 N–H and O–H groups in total. The molecule has 3 heteroatoms. The molecule has 1 aliphatic rings. The second-order valence-corrected chi connectivity index (χ2v) is 4.92. The van der Waals surface area contributed by atoms with Gasteiger partial charge in [-0.25, -0.2) is 4.79 Å². The van der Waals surface area contributed by atoms with Crippen molar-refractivity contribution in [3.05, 3.63) is 28.8 Å². The standard InChI is InChI=1S/C14H17NO2/c1-10-7-11(2)13(17)12(8-10)14(15-9-16)5-3-4-6-14/h7-8,17H,3-6H2,1-2H3. The predicted octanol–water partition coefficient (Wildman–Crippen LogP) is 3.11. The van der Waals surface area contributed by atoms with E-state index in [-0.39, 0.29) is 5.75 Å². The molecule has 0 saturated heterocycles. The third-order valence-electron chi connectivity index (χ3n) is 3.64. The third-order valence-corrected chi connectivity index (χ3v) is 3.64. The summed E-state index contributed by atoms with van der Waals surface area (Å²) in [6, 6.07) is 3.88. The van der Waals surface area contributed by atoms with Crippen molar-refractivity contribution in [1.82, 2.24) is 0 Å². The zero-order chi connectivity index (χ0) is 12.5. The normalized spacial score (nSPS) is 17.8. The molecule has 2 rings (SSSR count). The molecule has 0 heterocycles. The maximum absolute atomic E-state index is 10.6. The van der Waals surface area contributed by atoms with Gasteiger partial charge in [-0.2, -0.15) is 4.99 Å². The van der Waals surface area contributed by atoms with E-state index in [0.717, 1.165) is 42.4 Å². The average Bonchev–Trinajstić information content (AvgIpc) is 2.73. The summed E-state index contributed by atoms with van der Waals surface area (Å²) in [6.45, 7) is 3.86. The largest absolute Gasteiger partial charge is 0.507 e. The Morgan fingerprint density at radius 3 is 2.53 bits per heavy atom. The van der Waals surface area contributed by atoms with E-state index in [2.05, 4.69) is 4.99 Å². The number of phenolic OH excluding ortho intramolecular Hbond substituents is 1. The van der Waals surface area contributed by atoms with Crippen LogP contribution in [0.2, 0.25) is 0 Å². The van der Waals surface area contributed by atoms with Crippen molar-refractivity contribution >= 4 is 6.08 Å². The molecule has 90 valence electrons. The van der Waals surface area contributed by atoms with Crippen LogP contribution < -0.4 is 0 Å². The van der Waals surface area contributed by atoms with Crippen molar-refractivity contribution < 1.29 is 9.90 Å². The summed E-state index contributed by atoms with van der Waals surface area (Å²) in [5.41, 5.74) is 2.17. The van der Waals surface area contributed by atoms with Gasteiger partial charge in [-0.1, -0.05) is 24.5 Å². The lowest BCUT2D eigenvalue weighted by atomic mass is 9.86. The topological polar surface area (TPSA) is 49.7 Å². The molecule has 0 atom stereocenters. The van der Waals surface area contributed by atoms with E-state index in [4.69, 9.17) is 0 Å². The van der Waals surface area contributed by atoms with Gasteiger partial charge in [0.15, 0.2) is 0 Å². The number of hydrogen-bond acceptors (Lipinski definition) is 3. The van der Waals surface area contributed by atoms with Crippen LogP contribution in [0.15, 0.2) is 17.1 Å². The Balaban J connectivity index is 2.61. The molecule has 1 aromatic rings. The molecule has 0 aromatic heterocycles.